The molecule has 2 aromatic rings. The van der Waals surface area contributed by atoms with Crippen LogP contribution in [0.3, 0.4) is 0 Å². The molecule has 1 unspecified atom stereocenters. The third-order valence-electron chi connectivity index (χ3n) is 1.76. The van der Waals surface area contributed by atoms with Crippen LogP contribution in [-0.2, 0) is 0 Å². The van der Waals surface area contributed by atoms with Crippen molar-refractivity contribution in [2.45, 2.75) is 13.0 Å². The van der Waals surface area contributed by atoms with Crippen LogP contribution in [0, 0.1) is 5.82 Å². The summed E-state index contributed by atoms with van der Waals surface area (Å²) in [4.78, 5) is 4.28. The molecule has 0 saturated heterocycles. The largest absolute Gasteiger partial charge is 0.322 e. The zero-order chi connectivity index (χ0) is 9.42. The summed E-state index contributed by atoms with van der Waals surface area (Å²) >= 11 is 1.44. The number of thiazole rings is 1. The molecule has 0 aliphatic carbocycles. The fourth-order valence-electron chi connectivity index (χ4n) is 1.11. The Kier molecular flexibility index (Phi) is 2.01. The normalized spacial score (nSPS) is 13.5. The fraction of sp³-hybridized carbons (Fsp3) is 0.222. The molecule has 1 atom stereocenters. The summed E-state index contributed by atoms with van der Waals surface area (Å²) in [5, 5.41) is 0.848. The van der Waals surface area contributed by atoms with E-state index in [2.05, 4.69) is 4.98 Å². The maximum absolute atomic E-state index is 12.8. The summed E-state index contributed by atoms with van der Waals surface area (Å²) in [6.07, 6.45) is 0. The molecule has 0 bridgehead atoms. The Hall–Kier alpha value is -1.000. The molecule has 0 saturated carbocycles. The summed E-state index contributed by atoms with van der Waals surface area (Å²) in [6.45, 7) is 1.87. The molecular weight excluding hydrogens is 187 g/mol. The van der Waals surface area contributed by atoms with Crippen molar-refractivity contribution >= 4 is 21.6 Å². The molecule has 0 radical (unpaired) electrons. The zero-order valence-electron chi connectivity index (χ0n) is 7.12. The zero-order valence-corrected chi connectivity index (χ0v) is 7.94. The van der Waals surface area contributed by atoms with Gasteiger partial charge >= 0.3 is 0 Å². The van der Waals surface area contributed by atoms with Crippen LogP contribution in [0.1, 0.15) is 18.0 Å². The molecule has 0 aliphatic heterocycles. The van der Waals surface area contributed by atoms with E-state index in [9.17, 15) is 4.39 Å². The van der Waals surface area contributed by atoms with Gasteiger partial charge in [-0.05, 0) is 25.1 Å². The number of benzene rings is 1. The SMILES string of the molecule is CC(N)c1nc2ccc(F)cc2s1. The van der Waals surface area contributed by atoms with Gasteiger partial charge in [0.2, 0.25) is 0 Å². The number of nitrogens with two attached hydrogens (primary N) is 1. The van der Waals surface area contributed by atoms with Crippen molar-refractivity contribution in [2.75, 3.05) is 0 Å². The number of halogens is 1. The smallest absolute Gasteiger partial charge is 0.124 e. The highest BCUT2D eigenvalue weighted by Crippen LogP contribution is 2.25. The van der Waals surface area contributed by atoms with Crippen LogP contribution in [0.2, 0.25) is 0 Å². The van der Waals surface area contributed by atoms with Crippen LogP contribution in [0.15, 0.2) is 18.2 Å². The van der Waals surface area contributed by atoms with Gasteiger partial charge in [-0.2, -0.15) is 0 Å². The summed E-state index contributed by atoms with van der Waals surface area (Å²) in [5.41, 5.74) is 6.49. The van der Waals surface area contributed by atoms with Gasteiger partial charge in [-0.3, -0.25) is 0 Å². The minimum atomic E-state index is -0.229. The molecule has 1 heterocycles. The Morgan fingerprint density at radius 1 is 1.54 bits per heavy atom. The van der Waals surface area contributed by atoms with E-state index in [1.54, 1.807) is 6.07 Å². The van der Waals surface area contributed by atoms with E-state index in [1.807, 2.05) is 6.92 Å². The Morgan fingerprint density at radius 2 is 2.31 bits per heavy atom. The number of hydrogen-bond donors (Lipinski definition) is 1. The van der Waals surface area contributed by atoms with E-state index in [0.29, 0.717) is 0 Å². The van der Waals surface area contributed by atoms with Gasteiger partial charge in [-0.25, -0.2) is 9.37 Å². The molecule has 2 rings (SSSR count). The van der Waals surface area contributed by atoms with Crippen LogP contribution in [0.4, 0.5) is 4.39 Å². The number of nitrogens with zero attached hydrogens (tertiary/aromatic N) is 1. The first kappa shape index (κ1) is 8.59. The Morgan fingerprint density at radius 3 is 3.00 bits per heavy atom. The molecule has 0 aliphatic rings. The van der Waals surface area contributed by atoms with Crippen LogP contribution in [0.5, 0.6) is 0 Å². The molecule has 0 amide bonds. The minimum absolute atomic E-state index is 0.0829. The number of fused-ring (bicyclic) bond motifs is 1. The first-order valence-corrected chi connectivity index (χ1v) is 4.80. The van der Waals surface area contributed by atoms with Crippen LogP contribution < -0.4 is 5.73 Å². The maximum atomic E-state index is 12.8. The summed E-state index contributed by atoms with van der Waals surface area (Å²) in [6, 6.07) is 4.49. The topological polar surface area (TPSA) is 38.9 Å². The molecular formula is C9H9FN2S. The molecule has 2 nitrogen and oxygen atoms in total. The monoisotopic (exact) mass is 196 g/mol. The van der Waals surface area contributed by atoms with Crippen molar-refractivity contribution in [3.8, 4) is 0 Å². The van der Waals surface area contributed by atoms with Crippen molar-refractivity contribution in [3.05, 3.63) is 29.0 Å². The lowest BCUT2D eigenvalue weighted by Crippen LogP contribution is -2.03. The first-order valence-electron chi connectivity index (χ1n) is 3.98. The molecule has 2 N–H and O–H groups in total. The molecule has 0 spiro atoms. The van der Waals surface area contributed by atoms with Gasteiger partial charge in [-0.15, -0.1) is 11.3 Å². The average molecular weight is 196 g/mol. The number of rotatable bonds is 1. The molecule has 4 heteroatoms. The van der Waals surface area contributed by atoms with Gasteiger partial charge in [0.15, 0.2) is 0 Å². The van der Waals surface area contributed by atoms with Gasteiger partial charge in [0, 0.05) is 0 Å². The summed E-state index contributed by atoms with van der Waals surface area (Å²) in [7, 11) is 0. The quantitative estimate of drug-likeness (QED) is 0.760. The Labute approximate surface area is 79.2 Å². The minimum Gasteiger partial charge on any atom is -0.322 e. The van der Waals surface area contributed by atoms with Crippen LogP contribution in [0.25, 0.3) is 10.2 Å². The third-order valence-corrected chi connectivity index (χ3v) is 2.98. The van der Waals surface area contributed by atoms with Gasteiger partial charge in [0.05, 0.1) is 16.3 Å². The van der Waals surface area contributed by atoms with E-state index in [1.165, 1.54) is 23.5 Å². The lowest BCUT2D eigenvalue weighted by atomic mass is 10.3. The molecule has 0 fully saturated rings. The average Bonchev–Trinajstić information content (AvgIpc) is 2.46. The van der Waals surface area contributed by atoms with Crippen molar-refractivity contribution in [2.24, 2.45) is 5.73 Å². The predicted molar refractivity (Wildman–Crippen MR) is 52.2 cm³/mol. The molecule has 68 valence electrons. The second-order valence-electron chi connectivity index (χ2n) is 2.95. The second kappa shape index (κ2) is 3.05. The Bertz CT molecular complexity index is 436. The van der Waals surface area contributed by atoms with Gasteiger partial charge < -0.3 is 5.73 Å². The highest BCUT2D eigenvalue weighted by atomic mass is 32.1. The molecule has 1 aromatic carbocycles. The van der Waals surface area contributed by atoms with E-state index < -0.39 is 0 Å². The summed E-state index contributed by atoms with van der Waals surface area (Å²) < 4.78 is 13.6. The van der Waals surface area contributed by atoms with Gasteiger partial charge in [0.25, 0.3) is 0 Å². The van der Waals surface area contributed by atoms with E-state index >= 15 is 0 Å². The van der Waals surface area contributed by atoms with Gasteiger partial charge in [0.1, 0.15) is 10.8 Å². The van der Waals surface area contributed by atoms with Gasteiger partial charge in [-0.1, -0.05) is 0 Å². The first-order chi connectivity index (χ1) is 6.16. The maximum Gasteiger partial charge on any atom is 0.124 e. The number of aromatic nitrogens is 1. The standard InChI is InChI=1S/C9H9FN2S/c1-5(11)9-12-7-3-2-6(10)4-8(7)13-9/h2-5H,11H2,1H3. The lowest BCUT2D eigenvalue weighted by molar-refractivity contribution is 0.630. The van der Waals surface area contributed by atoms with E-state index in [4.69, 9.17) is 5.73 Å². The fourth-order valence-corrected chi connectivity index (χ4v) is 2.06. The van der Waals surface area contributed by atoms with Crippen molar-refractivity contribution in [3.63, 3.8) is 0 Å². The highest BCUT2D eigenvalue weighted by Gasteiger charge is 2.07. The van der Waals surface area contributed by atoms with Crippen molar-refractivity contribution in [1.29, 1.82) is 0 Å². The molecule has 1 aromatic heterocycles. The van der Waals surface area contributed by atoms with E-state index in [-0.39, 0.29) is 11.9 Å². The Balaban J connectivity index is 2.62. The highest BCUT2D eigenvalue weighted by molar-refractivity contribution is 7.18. The predicted octanol–water partition coefficient (Wildman–Crippen LogP) is 2.46. The third kappa shape index (κ3) is 1.55. The van der Waals surface area contributed by atoms with Crippen molar-refractivity contribution in [1.82, 2.24) is 4.98 Å². The molecule has 13 heavy (non-hydrogen) atoms. The van der Waals surface area contributed by atoms with Crippen LogP contribution >= 0.6 is 11.3 Å². The second-order valence-corrected chi connectivity index (χ2v) is 4.02. The summed E-state index contributed by atoms with van der Waals surface area (Å²) in [5.74, 6) is -0.229. The lowest BCUT2D eigenvalue weighted by Gasteiger charge is -1.95. The van der Waals surface area contributed by atoms with E-state index in [0.717, 1.165) is 15.2 Å². The van der Waals surface area contributed by atoms with Crippen molar-refractivity contribution < 1.29 is 4.39 Å². The number of hydrogen-bond acceptors (Lipinski definition) is 3. The van der Waals surface area contributed by atoms with Crippen LogP contribution in [-0.4, -0.2) is 4.98 Å².